The molecule has 0 radical (unpaired) electrons. The second kappa shape index (κ2) is 5.68. The molecule has 1 aliphatic rings. The molecule has 17 heavy (non-hydrogen) atoms. The predicted molar refractivity (Wildman–Crippen MR) is 74.4 cm³/mol. The molecule has 1 heteroatoms. The first-order valence-corrected chi connectivity index (χ1v) is 6.98. The highest BCUT2D eigenvalue weighted by Gasteiger charge is 2.21. The van der Waals surface area contributed by atoms with Gasteiger partial charge in [-0.15, -0.1) is 0 Å². The first kappa shape index (κ1) is 12.6. The van der Waals surface area contributed by atoms with Crippen LogP contribution in [0.2, 0.25) is 0 Å². The Morgan fingerprint density at radius 3 is 2.71 bits per heavy atom. The molecule has 2 rings (SSSR count). The van der Waals surface area contributed by atoms with E-state index in [1.807, 2.05) is 0 Å². The molecular weight excluding hydrogens is 206 g/mol. The summed E-state index contributed by atoms with van der Waals surface area (Å²) in [5.41, 5.74) is 4.37. The molecule has 0 spiro atoms. The summed E-state index contributed by atoms with van der Waals surface area (Å²) in [5.74, 6) is 0.788. The van der Waals surface area contributed by atoms with E-state index >= 15 is 0 Å². The smallest absolute Gasteiger partial charge is 0.00683 e. The highest BCUT2D eigenvalue weighted by molar-refractivity contribution is 5.30. The predicted octanol–water partition coefficient (Wildman–Crippen LogP) is 3.62. The molecule has 0 aromatic heterocycles. The summed E-state index contributed by atoms with van der Waals surface area (Å²) < 4.78 is 0. The lowest BCUT2D eigenvalue weighted by atomic mass is 9.93. The monoisotopic (exact) mass is 231 g/mol. The fraction of sp³-hybridized carbons (Fsp3) is 0.625. The van der Waals surface area contributed by atoms with Crippen molar-refractivity contribution in [3.63, 3.8) is 0 Å². The Kier molecular flexibility index (Phi) is 4.22. The van der Waals surface area contributed by atoms with E-state index in [9.17, 15) is 0 Å². The molecule has 0 saturated heterocycles. The van der Waals surface area contributed by atoms with Gasteiger partial charge in [-0.2, -0.15) is 0 Å². The Labute approximate surface area is 106 Å². The average Bonchev–Trinajstić information content (AvgIpc) is 3.12. The zero-order valence-electron chi connectivity index (χ0n) is 11.4. The van der Waals surface area contributed by atoms with Crippen molar-refractivity contribution < 1.29 is 0 Å². The van der Waals surface area contributed by atoms with E-state index in [1.54, 1.807) is 0 Å². The normalized spacial score (nSPS) is 17.1. The second-order valence-electron chi connectivity index (χ2n) is 5.59. The van der Waals surface area contributed by atoms with Gasteiger partial charge in [-0.05, 0) is 56.7 Å². The van der Waals surface area contributed by atoms with Crippen molar-refractivity contribution in [2.75, 3.05) is 6.54 Å². The Morgan fingerprint density at radius 2 is 2.06 bits per heavy atom. The van der Waals surface area contributed by atoms with Gasteiger partial charge in [0.1, 0.15) is 0 Å². The molecular formula is C16H25N. The summed E-state index contributed by atoms with van der Waals surface area (Å²) in [6.45, 7) is 7.92. The first-order valence-electron chi connectivity index (χ1n) is 6.98. The summed E-state index contributed by atoms with van der Waals surface area (Å²) in [6, 6.07) is 7.66. The number of benzene rings is 1. The quantitative estimate of drug-likeness (QED) is 0.788. The fourth-order valence-corrected chi connectivity index (χ4v) is 2.31. The highest BCUT2D eigenvalue weighted by atomic mass is 14.9. The molecule has 1 N–H and O–H groups in total. The molecule has 1 unspecified atom stereocenters. The van der Waals surface area contributed by atoms with Crippen LogP contribution in [-0.2, 0) is 6.42 Å². The highest BCUT2D eigenvalue weighted by Crippen LogP contribution is 2.21. The summed E-state index contributed by atoms with van der Waals surface area (Å²) >= 11 is 0. The van der Waals surface area contributed by atoms with E-state index in [-0.39, 0.29) is 0 Å². The van der Waals surface area contributed by atoms with Crippen LogP contribution in [0.5, 0.6) is 0 Å². The molecule has 1 saturated carbocycles. The minimum absolute atomic E-state index is 0.788. The van der Waals surface area contributed by atoms with Gasteiger partial charge in [0, 0.05) is 6.04 Å². The first-order chi connectivity index (χ1) is 8.19. The molecule has 0 amide bonds. The van der Waals surface area contributed by atoms with Gasteiger partial charge in [-0.25, -0.2) is 0 Å². The van der Waals surface area contributed by atoms with Crippen molar-refractivity contribution >= 4 is 0 Å². The van der Waals surface area contributed by atoms with Crippen LogP contribution in [0.15, 0.2) is 18.2 Å². The number of nitrogens with one attached hydrogen (secondary N) is 1. The van der Waals surface area contributed by atoms with E-state index in [2.05, 4.69) is 44.3 Å². The lowest BCUT2D eigenvalue weighted by molar-refractivity contribution is 0.458. The maximum Gasteiger partial charge on any atom is 0.00683 e. The lowest BCUT2D eigenvalue weighted by Crippen LogP contribution is -2.25. The Balaban J connectivity index is 1.93. The summed E-state index contributed by atoms with van der Waals surface area (Å²) in [7, 11) is 0. The lowest BCUT2D eigenvalue weighted by Gasteiger charge is -2.17. The molecule has 1 fully saturated rings. The molecule has 1 atom stereocenters. The van der Waals surface area contributed by atoms with E-state index in [1.165, 1.54) is 48.9 Å². The molecule has 0 heterocycles. The zero-order chi connectivity index (χ0) is 12.3. The van der Waals surface area contributed by atoms with Crippen molar-refractivity contribution in [3.8, 4) is 0 Å². The maximum absolute atomic E-state index is 3.66. The number of aryl methyl sites for hydroxylation is 2. The third-order valence-electron chi connectivity index (χ3n) is 3.86. The second-order valence-corrected chi connectivity index (χ2v) is 5.59. The standard InChI is InChI=1S/C16H25N/c1-4-14(11-17-16-7-8-16)10-15-9-12(2)5-6-13(15)3/h5-6,9,14,16-17H,4,7-8,10-11H2,1-3H3. The molecule has 1 aromatic carbocycles. The largest absolute Gasteiger partial charge is 0.314 e. The average molecular weight is 231 g/mol. The van der Waals surface area contributed by atoms with Crippen molar-refractivity contribution in [1.82, 2.24) is 5.32 Å². The summed E-state index contributed by atoms with van der Waals surface area (Å²) in [6.07, 6.45) is 5.27. The summed E-state index contributed by atoms with van der Waals surface area (Å²) in [5, 5.41) is 3.66. The van der Waals surface area contributed by atoms with Gasteiger partial charge in [-0.3, -0.25) is 0 Å². The maximum atomic E-state index is 3.66. The van der Waals surface area contributed by atoms with Crippen LogP contribution in [0.1, 0.15) is 42.9 Å². The number of hydrogen-bond acceptors (Lipinski definition) is 1. The Hall–Kier alpha value is -0.820. The molecule has 0 bridgehead atoms. The molecule has 0 aliphatic heterocycles. The van der Waals surface area contributed by atoms with Crippen LogP contribution in [0, 0.1) is 19.8 Å². The van der Waals surface area contributed by atoms with Crippen molar-refractivity contribution in [2.45, 2.75) is 52.5 Å². The van der Waals surface area contributed by atoms with E-state index in [0.717, 1.165) is 12.0 Å². The molecule has 1 aliphatic carbocycles. The third kappa shape index (κ3) is 3.85. The van der Waals surface area contributed by atoms with Crippen molar-refractivity contribution in [2.24, 2.45) is 5.92 Å². The van der Waals surface area contributed by atoms with E-state index in [0.29, 0.717) is 0 Å². The van der Waals surface area contributed by atoms with Crippen molar-refractivity contribution in [1.29, 1.82) is 0 Å². The van der Waals surface area contributed by atoms with Crippen LogP contribution in [0.25, 0.3) is 0 Å². The Morgan fingerprint density at radius 1 is 1.29 bits per heavy atom. The van der Waals surface area contributed by atoms with E-state index < -0.39 is 0 Å². The SMILES string of the molecule is CCC(CNC1CC1)Cc1cc(C)ccc1C. The number of hydrogen-bond donors (Lipinski definition) is 1. The van der Waals surface area contributed by atoms with Gasteiger partial charge in [0.2, 0.25) is 0 Å². The topological polar surface area (TPSA) is 12.0 Å². The van der Waals surface area contributed by atoms with Crippen LogP contribution in [-0.4, -0.2) is 12.6 Å². The van der Waals surface area contributed by atoms with Gasteiger partial charge in [-0.1, -0.05) is 37.1 Å². The Bertz CT molecular complexity index is 366. The number of rotatable bonds is 6. The van der Waals surface area contributed by atoms with Gasteiger partial charge >= 0.3 is 0 Å². The van der Waals surface area contributed by atoms with Crippen LogP contribution in [0.3, 0.4) is 0 Å². The van der Waals surface area contributed by atoms with Gasteiger partial charge in [0.15, 0.2) is 0 Å². The van der Waals surface area contributed by atoms with Crippen LogP contribution >= 0.6 is 0 Å². The minimum Gasteiger partial charge on any atom is -0.314 e. The third-order valence-corrected chi connectivity index (χ3v) is 3.86. The minimum atomic E-state index is 0.788. The van der Waals surface area contributed by atoms with Crippen LogP contribution < -0.4 is 5.32 Å². The van der Waals surface area contributed by atoms with Crippen LogP contribution in [0.4, 0.5) is 0 Å². The van der Waals surface area contributed by atoms with Gasteiger partial charge in [0.05, 0.1) is 0 Å². The van der Waals surface area contributed by atoms with Gasteiger partial charge in [0.25, 0.3) is 0 Å². The molecule has 1 nitrogen and oxygen atoms in total. The fourth-order valence-electron chi connectivity index (χ4n) is 2.31. The van der Waals surface area contributed by atoms with E-state index in [4.69, 9.17) is 0 Å². The van der Waals surface area contributed by atoms with Gasteiger partial charge < -0.3 is 5.32 Å². The zero-order valence-corrected chi connectivity index (χ0v) is 11.4. The van der Waals surface area contributed by atoms with Crippen molar-refractivity contribution in [3.05, 3.63) is 34.9 Å². The molecule has 1 aromatic rings. The summed E-state index contributed by atoms with van der Waals surface area (Å²) in [4.78, 5) is 0. The molecule has 94 valence electrons.